The number of ether oxygens (including phenoxy) is 1. The quantitative estimate of drug-likeness (QED) is 0.364. The van der Waals surface area contributed by atoms with E-state index in [0.29, 0.717) is 10.6 Å². The number of aryl methyl sites for hydroxylation is 1. The van der Waals surface area contributed by atoms with Gasteiger partial charge in [0.2, 0.25) is 0 Å². The third-order valence-electron chi connectivity index (χ3n) is 4.21. The maximum Gasteiger partial charge on any atom is 0.136 e. The van der Waals surface area contributed by atoms with Crippen LogP contribution in [-0.4, -0.2) is 11.6 Å². The van der Waals surface area contributed by atoms with Crippen LogP contribution in [0.4, 0.5) is 5.69 Å². The van der Waals surface area contributed by atoms with Crippen LogP contribution in [0, 0.1) is 18.3 Å². The summed E-state index contributed by atoms with van der Waals surface area (Å²) in [6.45, 7) is 4.93. The number of rotatable bonds is 8. The fourth-order valence-corrected chi connectivity index (χ4v) is 3.33. The monoisotopic (exact) mass is 389 g/mol. The molecule has 0 aliphatic heterocycles. The molecule has 0 radical (unpaired) electrons. The molecule has 3 aromatic rings. The van der Waals surface area contributed by atoms with Gasteiger partial charge >= 0.3 is 0 Å². The van der Waals surface area contributed by atoms with E-state index in [4.69, 9.17) is 4.74 Å². The molecule has 0 spiro atoms. The fraction of sp³-hybridized carbons (Fsp3) is 0.217. The smallest absolute Gasteiger partial charge is 0.136 e. The molecule has 28 heavy (non-hydrogen) atoms. The second-order valence-corrected chi connectivity index (χ2v) is 7.30. The summed E-state index contributed by atoms with van der Waals surface area (Å²) >= 11 is 1.47. The molecule has 0 fully saturated rings. The summed E-state index contributed by atoms with van der Waals surface area (Å²) in [5.74, 6) is 0.853. The number of aromatic nitrogens is 1. The van der Waals surface area contributed by atoms with Gasteiger partial charge in [0.25, 0.3) is 0 Å². The average molecular weight is 390 g/mol. The number of benzene rings is 2. The van der Waals surface area contributed by atoms with Crippen LogP contribution in [-0.2, 0) is 0 Å². The molecule has 4 nitrogen and oxygen atoms in total. The predicted molar refractivity (Wildman–Crippen MR) is 116 cm³/mol. The van der Waals surface area contributed by atoms with E-state index in [1.54, 1.807) is 6.20 Å². The lowest BCUT2D eigenvalue weighted by Gasteiger charge is -2.06. The molecule has 1 heterocycles. The molecule has 2 aromatic carbocycles. The number of allylic oxidation sites excluding steroid dienone is 1. The minimum atomic E-state index is 0.506. The van der Waals surface area contributed by atoms with Gasteiger partial charge in [-0.05, 0) is 37.6 Å². The molecule has 0 amide bonds. The molecule has 1 aromatic heterocycles. The lowest BCUT2D eigenvalue weighted by molar-refractivity contribution is 0.309. The lowest BCUT2D eigenvalue weighted by Crippen LogP contribution is -1.96. The number of unbranched alkanes of at least 4 members (excludes halogenated alkanes) is 1. The van der Waals surface area contributed by atoms with Crippen molar-refractivity contribution >= 4 is 22.6 Å². The first-order valence-electron chi connectivity index (χ1n) is 9.32. The van der Waals surface area contributed by atoms with Gasteiger partial charge in [-0.25, -0.2) is 4.98 Å². The Morgan fingerprint density at radius 2 is 1.93 bits per heavy atom. The Balaban J connectivity index is 1.67. The molecular formula is C23H23N3OS. The zero-order valence-electron chi connectivity index (χ0n) is 16.1. The van der Waals surface area contributed by atoms with Gasteiger partial charge < -0.3 is 10.1 Å². The van der Waals surface area contributed by atoms with Gasteiger partial charge in [-0.3, -0.25) is 0 Å². The topological polar surface area (TPSA) is 57.9 Å². The van der Waals surface area contributed by atoms with Crippen molar-refractivity contribution in [2.45, 2.75) is 26.7 Å². The SMILES string of the molecule is CCCCOc1ccc(N/C=C(\C#N)c2nc(-c3ccc(C)cc3)cs2)cc1. The summed E-state index contributed by atoms with van der Waals surface area (Å²) in [6.07, 6.45) is 3.86. The van der Waals surface area contributed by atoms with Gasteiger partial charge in [0.05, 0.1) is 12.3 Å². The standard InChI is InChI=1S/C23H23N3OS/c1-3-4-13-27-21-11-9-20(10-12-21)25-15-19(14-24)23-26-22(16-28-23)18-7-5-17(2)6-8-18/h5-12,15-16,25H,3-4,13H2,1-2H3/b19-15+. The minimum absolute atomic E-state index is 0.506. The molecule has 0 saturated carbocycles. The Kier molecular flexibility index (Phi) is 6.83. The van der Waals surface area contributed by atoms with Crippen molar-refractivity contribution in [1.82, 2.24) is 4.98 Å². The van der Waals surface area contributed by atoms with Gasteiger partial charge in [-0.15, -0.1) is 11.3 Å². The Labute approximate surface area is 170 Å². The number of nitriles is 1. The van der Waals surface area contributed by atoms with E-state index in [1.165, 1.54) is 16.9 Å². The third kappa shape index (κ3) is 5.21. The Morgan fingerprint density at radius 3 is 2.61 bits per heavy atom. The van der Waals surface area contributed by atoms with Crippen LogP contribution in [0.1, 0.15) is 30.3 Å². The largest absolute Gasteiger partial charge is 0.494 e. The summed E-state index contributed by atoms with van der Waals surface area (Å²) in [5.41, 5.74) is 4.55. The van der Waals surface area contributed by atoms with E-state index < -0.39 is 0 Å². The van der Waals surface area contributed by atoms with Crippen molar-refractivity contribution < 1.29 is 4.74 Å². The first-order chi connectivity index (χ1) is 13.7. The highest BCUT2D eigenvalue weighted by molar-refractivity contribution is 7.11. The minimum Gasteiger partial charge on any atom is -0.494 e. The van der Waals surface area contributed by atoms with Crippen LogP contribution in [0.2, 0.25) is 0 Å². The molecule has 1 N–H and O–H groups in total. The third-order valence-corrected chi connectivity index (χ3v) is 5.08. The van der Waals surface area contributed by atoms with Crippen LogP contribution in [0.3, 0.4) is 0 Å². The molecule has 0 bridgehead atoms. The fourth-order valence-electron chi connectivity index (χ4n) is 2.53. The summed E-state index contributed by atoms with van der Waals surface area (Å²) < 4.78 is 5.67. The molecule has 0 aliphatic carbocycles. The Bertz CT molecular complexity index is 966. The zero-order chi connectivity index (χ0) is 19.8. The molecule has 0 saturated heterocycles. The van der Waals surface area contributed by atoms with E-state index in [2.05, 4.69) is 42.4 Å². The van der Waals surface area contributed by atoms with E-state index in [9.17, 15) is 5.26 Å². The first kappa shape index (κ1) is 19.7. The number of anilines is 1. The van der Waals surface area contributed by atoms with E-state index in [-0.39, 0.29) is 0 Å². The summed E-state index contributed by atoms with van der Waals surface area (Å²) in [7, 11) is 0. The van der Waals surface area contributed by atoms with Crippen molar-refractivity contribution in [2.75, 3.05) is 11.9 Å². The zero-order valence-corrected chi connectivity index (χ0v) is 16.9. The molecular weight excluding hydrogens is 366 g/mol. The summed E-state index contributed by atoms with van der Waals surface area (Å²) in [6, 6.07) is 18.2. The second kappa shape index (κ2) is 9.72. The van der Waals surface area contributed by atoms with Crippen LogP contribution >= 0.6 is 11.3 Å². The Morgan fingerprint density at radius 1 is 1.18 bits per heavy atom. The Hall–Kier alpha value is -3.10. The van der Waals surface area contributed by atoms with Crippen LogP contribution < -0.4 is 10.1 Å². The molecule has 0 unspecified atom stereocenters. The van der Waals surface area contributed by atoms with E-state index in [0.717, 1.165) is 42.1 Å². The highest BCUT2D eigenvalue weighted by Gasteiger charge is 2.09. The molecule has 3 rings (SSSR count). The highest BCUT2D eigenvalue weighted by Crippen LogP contribution is 2.26. The first-order valence-corrected chi connectivity index (χ1v) is 10.2. The summed E-state index contributed by atoms with van der Waals surface area (Å²) in [4.78, 5) is 4.62. The molecule has 142 valence electrons. The van der Waals surface area contributed by atoms with Crippen molar-refractivity contribution in [3.63, 3.8) is 0 Å². The average Bonchev–Trinajstić information content (AvgIpc) is 3.20. The van der Waals surface area contributed by atoms with Crippen molar-refractivity contribution in [2.24, 2.45) is 0 Å². The van der Waals surface area contributed by atoms with Crippen molar-refractivity contribution in [3.05, 3.63) is 70.7 Å². The predicted octanol–water partition coefficient (Wildman–Crippen LogP) is 6.27. The maximum absolute atomic E-state index is 9.53. The number of hydrogen-bond acceptors (Lipinski definition) is 5. The molecule has 0 aliphatic rings. The normalized spacial score (nSPS) is 11.1. The maximum atomic E-state index is 9.53. The highest BCUT2D eigenvalue weighted by atomic mass is 32.1. The van der Waals surface area contributed by atoms with E-state index in [1.807, 2.05) is 41.8 Å². The molecule has 0 atom stereocenters. The number of hydrogen-bond donors (Lipinski definition) is 1. The molecule has 5 heteroatoms. The van der Waals surface area contributed by atoms with Crippen molar-refractivity contribution in [1.29, 1.82) is 5.26 Å². The lowest BCUT2D eigenvalue weighted by atomic mass is 10.1. The summed E-state index contributed by atoms with van der Waals surface area (Å²) in [5, 5.41) is 15.4. The number of nitrogens with one attached hydrogen (secondary N) is 1. The van der Waals surface area contributed by atoms with Gasteiger partial charge in [0.1, 0.15) is 22.4 Å². The second-order valence-electron chi connectivity index (χ2n) is 6.44. The van der Waals surface area contributed by atoms with E-state index >= 15 is 0 Å². The van der Waals surface area contributed by atoms with Crippen LogP contribution in [0.15, 0.2) is 60.1 Å². The van der Waals surface area contributed by atoms with Gasteiger partial charge in [-0.1, -0.05) is 43.2 Å². The number of thiazole rings is 1. The van der Waals surface area contributed by atoms with Crippen LogP contribution in [0.25, 0.3) is 16.8 Å². The number of nitrogens with zero attached hydrogens (tertiary/aromatic N) is 2. The van der Waals surface area contributed by atoms with Gasteiger partial charge in [0, 0.05) is 22.8 Å². The van der Waals surface area contributed by atoms with Gasteiger partial charge in [-0.2, -0.15) is 5.26 Å². The van der Waals surface area contributed by atoms with Gasteiger partial charge in [0.15, 0.2) is 0 Å². The van der Waals surface area contributed by atoms with Crippen molar-refractivity contribution in [3.8, 4) is 23.1 Å². The van der Waals surface area contributed by atoms with Crippen LogP contribution in [0.5, 0.6) is 5.75 Å².